The monoisotopic (exact) mass is 460 g/mol. The van der Waals surface area contributed by atoms with Gasteiger partial charge >= 0.3 is 0 Å². The van der Waals surface area contributed by atoms with Crippen LogP contribution in [0, 0.1) is 18.3 Å². The summed E-state index contributed by atoms with van der Waals surface area (Å²) in [6.45, 7) is 5.72. The van der Waals surface area contributed by atoms with E-state index in [1.165, 1.54) is 13.2 Å². The molecular weight excluding hydrogens is 444 g/mol. The number of methoxy groups -OCH3 is 1. The molecule has 1 amide bonds. The van der Waals surface area contributed by atoms with Crippen LogP contribution >= 0.6 is 27.5 Å². The van der Waals surface area contributed by atoms with Gasteiger partial charge in [0.2, 0.25) is 0 Å². The van der Waals surface area contributed by atoms with Gasteiger partial charge in [-0.15, -0.1) is 0 Å². The average Bonchev–Trinajstić information content (AvgIpc) is 2.68. The smallest absolute Gasteiger partial charge is 0.266 e. The number of benzene rings is 2. The molecular formula is C21H18BrClN2O3. The van der Waals surface area contributed by atoms with Crippen LogP contribution in [-0.4, -0.2) is 19.6 Å². The van der Waals surface area contributed by atoms with Gasteiger partial charge in [-0.3, -0.25) is 4.79 Å². The minimum absolute atomic E-state index is 0.0620. The van der Waals surface area contributed by atoms with Crippen LogP contribution in [0.15, 0.2) is 53.0 Å². The third-order valence-electron chi connectivity index (χ3n) is 3.79. The van der Waals surface area contributed by atoms with Gasteiger partial charge in [-0.25, -0.2) is 0 Å². The Kier molecular flexibility index (Phi) is 7.68. The molecule has 7 heteroatoms. The number of hydrogen-bond acceptors (Lipinski definition) is 4. The van der Waals surface area contributed by atoms with Crippen molar-refractivity contribution in [3.05, 3.63) is 69.2 Å². The first-order valence-corrected chi connectivity index (χ1v) is 9.37. The van der Waals surface area contributed by atoms with Gasteiger partial charge in [0.15, 0.2) is 11.5 Å². The fourth-order valence-electron chi connectivity index (χ4n) is 2.35. The van der Waals surface area contributed by atoms with E-state index in [0.717, 1.165) is 5.56 Å². The van der Waals surface area contributed by atoms with Crippen molar-refractivity contribution in [2.45, 2.75) is 6.92 Å². The predicted octanol–water partition coefficient (Wildman–Crippen LogP) is 5.53. The Bertz CT molecular complexity index is 980. The number of ether oxygens (including phenoxy) is 2. The molecule has 0 heterocycles. The van der Waals surface area contributed by atoms with E-state index in [0.29, 0.717) is 38.9 Å². The third kappa shape index (κ3) is 5.16. The van der Waals surface area contributed by atoms with Gasteiger partial charge in [-0.2, -0.15) is 5.26 Å². The van der Waals surface area contributed by atoms with Crippen molar-refractivity contribution >= 4 is 45.2 Å². The van der Waals surface area contributed by atoms with E-state index in [4.69, 9.17) is 21.1 Å². The lowest BCUT2D eigenvalue weighted by Crippen LogP contribution is -2.14. The van der Waals surface area contributed by atoms with Crippen LogP contribution in [0.1, 0.15) is 11.1 Å². The molecule has 0 radical (unpaired) electrons. The molecule has 0 atom stereocenters. The lowest BCUT2D eigenvalue weighted by atomic mass is 10.1. The van der Waals surface area contributed by atoms with Crippen molar-refractivity contribution in [1.82, 2.24) is 0 Å². The van der Waals surface area contributed by atoms with Crippen molar-refractivity contribution in [3.63, 3.8) is 0 Å². The molecule has 0 bridgehead atoms. The second-order valence-electron chi connectivity index (χ2n) is 5.67. The summed E-state index contributed by atoms with van der Waals surface area (Å²) in [6, 6.07) is 10.5. The van der Waals surface area contributed by atoms with Crippen LogP contribution < -0.4 is 14.8 Å². The molecule has 2 aromatic rings. The standard InChI is InChI=1S/C21H18BrClN2O3/c1-4-8-28-20-16(22)10-14(11-19(20)27-3)9-15(12-24)21(26)25-18-7-5-6-17(23)13(18)2/h4-7,9-11H,1,8H2,2-3H3,(H,25,26)/b15-9+. The molecule has 2 aromatic carbocycles. The summed E-state index contributed by atoms with van der Waals surface area (Å²) in [6.07, 6.45) is 3.09. The number of halogens is 2. The number of amides is 1. The highest BCUT2D eigenvalue weighted by Gasteiger charge is 2.15. The largest absolute Gasteiger partial charge is 0.493 e. The first-order chi connectivity index (χ1) is 13.4. The molecule has 1 N–H and O–H groups in total. The molecule has 0 spiro atoms. The molecule has 0 saturated heterocycles. The minimum Gasteiger partial charge on any atom is -0.493 e. The predicted molar refractivity (Wildman–Crippen MR) is 115 cm³/mol. The van der Waals surface area contributed by atoms with E-state index < -0.39 is 5.91 Å². The number of nitrogens with one attached hydrogen (secondary N) is 1. The number of nitrogens with zero attached hydrogens (tertiary/aromatic N) is 1. The van der Waals surface area contributed by atoms with Gasteiger partial charge in [-0.1, -0.05) is 30.3 Å². The third-order valence-corrected chi connectivity index (χ3v) is 4.79. The molecule has 0 unspecified atom stereocenters. The van der Waals surface area contributed by atoms with E-state index in [9.17, 15) is 10.1 Å². The fraction of sp³-hybridized carbons (Fsp3) is 0.143. The summed E-state index contributed by atoms with van der Waals surface area (Å²) >= 11 is 9.50. The van der Waals surface area contributed by atoms with Crippen LogP contribution in [0.2, 0.25) is 5.02 Å². The lowest BCUT2D eigenvalue weighted by Gasteiger charge is -2.13. The molecule has 0 aromatic heterocycles. The molecule has 0 aliphatic carbocycles. The van der Waals surface area contributed by atoms with Gasteiger partial charge in [0.25, 0.3) is 5.91 Å². The molecule has 0 saturated carbocycles. The van der Waals surface area contributed by atoms with Gasteiger partial charge in [-0.05, 0) is 64.3 Å². The Balaban J connectivity index is 2.34. The van der Waals surface area contributed by atoms with Crippen molar-refractivity contribution < 1.29 is 14.3 Å². The Morgan fingerprint density at radius 3 is 2.82 bits per heavy atom. The maximum absolute atomic E-state index is 12.5. The summed E-state index contributed by atoms with van der Waals surface area (Å²) in [5.74, 6) is 0.442. The van der Waals surface area contributed by atoms with Crippen LogP contribution in [0.25, 0.3) is 6.08 Å². The highest BCUT2D eigenvalue weighted by atomic mass is 79.9. The maximum atomic E-state index is 12.5. The zero-order chi connectivity index (χ0) is 20.7. The summed E-state index contributed by atoms with van der Waals surface area (Å²) < 4.78 is 11.6. The molecule has 28 heavy (non-hydrogen) atoms. The Labute approximate surface area is 177 Å². The van der Waals surface area contributed by atoms with Gasteiger partial charge in [0.05, 0.1) is 11.6 Å². The normalized spacial score (nSPS) is 10.8. The maximum Gasteiger partial charge on any atom is 0.266 e. The second kappa shape index (κ2) is 9.98. The van der Waals surface area contributed by atoms with E-state index in [1.54, 1.807) is 43.3 Å². The molecule has 144 valence electrons. The number of anilines is 1. The summed E-state index contributed by atoms with van der Waals surface area (Å²) in [5.41, 5.74) is 1.81. The molecule has 2 rings (SSSR count). The van der Waals surface area contributed by atoms with Crippen LogP contribution in [0.5, 0.6) is 11.5 Å². The van der Waals surface area contributed by atoms with E-state index >= 15 is 0 Å². The second-order valence-corrected chi connectivity index (χ2v) is 6.93. The number of hydrogen-bond donors (Lipinski definition) is 1. The number of nitriles is 1. The van der Waals surface area contributed by atoms with Crippen molar-refractivity contribution in [2.24, 2.45) is 0 Å². The summed E-state index contributed by atoms with van der Waals surface area (Å²) in [4.78, 5) is 12.5. The SMILES string of the molecule is C=CCOc1c(Br)cc(/C=C(\C#N)C(=O)Nc2cccc(Cl)c2C)cc1OC. The van der Waals surface area contributed by atoms with E-state index in [2.05, 4.69) is 27.8 Å². The first-order valence-electron chi connectivity index (χ1n) is 8.20. The van der Waals surface area contributed by atoms with Crippen molar-refractivity contribution in [3.8, 4) is 17.6 Å². The molecule has 5 nitrogen and oxygen atoms in total. The topological polar surface area (TPSA) is 71.3 Å². The lowest BCUT2D eigenvalue weighted by molar-refractivity contribution is -0.112. The van der Waals surface area contributed by atoms with Gasteiger partial charge < -0.3 is 14.8 Å². The highest BCUT2D eigenvalue weighted by Crippen LogP contribution is 2.37. The van der Waals surface area contributed by atoms with E-state index in [-0.39, 0.29) is 5.57 Å². The van der Waals surface area contributed by atoms with Crippen molar-refractivity contribution in [1.29, 1.82) is 5.26 Å². The Morgan fingerprint density at radius 2 is 2.18 bits per heavy atom. The quantitative estimate of drug-likeness (QED) is 0.334. The molecule has 0 aliphatic rings. The summed E-state index contributed by atoms with van der Waals surface area (Å²) in [5, 5.41) is 12.7. The number of rotatable bonds is 7. The zero-order valence-corrected chi connectivity index (χ0v) is 17.7. The number of carbonyl (C=O) groups is 1. The Hall–Kier alpha value is -2.75. The van der Waals surface area contributed by atoms with Crippen molar-refractivity contribution in [2.75, 3.05) is 19.0 Å². The molecule has 0 fully saturated rings. The zero-order valence-electron chi connectivity index (χ0n) is 15.4. The molecule has 0 aliphatic heterocycles. The van der Waals surface area contributed by atoms with Crippen LogP contribution in [0.4, 0.5) is 5.69 Å². The first kappa shape index (κ1) is 21.5. The van der Waals surface area contributed by atoms with E-state index in [1.807, 2.05) is 6.07 Å². The van der Waals surface area contributed by atoms with Gasteiger partial charge in [0, 0.05) is 10.7 Å². The Morgan fingerprint density at radius 1 is 1.43 bits per heavy atom. The minimum atomic E-state index is -0.532. The summed E-state index contributed by atoms with van der Waals surface area (Å²) in [7, 11) is 1.51. The highest BCUT2D eigenvalue weighted by molar-refractivity contribution is 9.10. The van der Waals surface area contributed by atoms with Crippen LogP contribution in [-0.2, 0) is 4.79 Å². The van der Waals surface area contributed by atoms with Crippen LogP contribution in [0.3, 0.4) is 0 Å². The average molecular weight is 462 g/mol. The number of carbonyl (C=O) groups excluding carboxylic acids is 1. The van der Waals surface area contributed by atoms with Gasteiger partial charge in [0.1, 0.15) is 18.2 Å². The fourth-order valence-corrected chi connectivity index (χ4v) is 3.10.